The van der Waals surface area contributed by atoms with E-state index in [1.165, 1.54) is 0 Å². The smallest absolute Gasteiger partial charge is 0.326 e. The number of carboxylic acid groups (broad SMARTS) is 1. The Hall–Kier alpha value is -1.30. The maximum absolute atomic E-state index is 11.6. The Labute approximate surface area is 101 Å². The van der Waals surface area contributed by atoms with Crippen LogP contribution in [0, 0.1) is 0 Å². The number of urea groups is 1. The summed E-state index contributed by atoms with van der Waals surface area (Å²) in [6.45, 7) is 4.39. The minimum absolute atomic E-state index is 0.0183. The van der Waals surface area contributed by atoms with E-state index in [9.17, 15) is 9.59 Å². The molecule has 1 rings (SSSR count). The highest BCUT2D eigenvalue weighted by Crippen LogP contribution is 2.12. The molecule has 0 saturated carbocycles. The van der Waals surface area contributed by atoms with Crippen LogP contribution < -0.4 is 10.6 Å². The summed E-state index contributed by atoms with van der Waals surface area (Å²) in [5.41, 5.74) is 0. The Kier molecular flexibility index (Phi) is 5.21. The molecule has 0 bridgehead atoms. The number of carbonyl (C=O) groups excluding carboxylic acids is 1. The molecule has 3 N–H and O–H groups in total. The van der Waals surface area contributed by atoms with E-state index in [4.69, 9.17) is 9.84 Å². The zero-order valence-corrected chi connectivity index (χ0v) is 10.2. The monoisotopic (exact) mass is 244 g/mol. The van der Waals surface area contributed by atoms with E-state index in [1.54, 1.807) is 0 Å². The molecule has 6 nitrogen and oxygen atoms in total. The van der Waals surface area contributed by atoms with Gasteiger partial charge >= 0.3 is 12.0 Å². The molecule has 17 heavy (non-hydrogen) atoms. The van der Waals surface area contributed by atoms with Crippen LogP contribution in [0.2, 0.25) is 0 Å². The maximum Gasteiger partial charge on any atom is 0.326 e. The molecular formula is C11H20N2O4. The van der Waals surface area contributed by atoms with Crippen LogP contribution in [0.5, 0.6) is 0 Å². The number of rotatable bonds is 5. The Balaban J connectivity index is 2.39. The number of hydrogen-bond acceptors (Lipinski definition) is 3. The van der Waals surface area contributed by atoms with Gasteiger partial charge in [0.1, 0.15) is 6.04 Å². The third-order valence-electron chi connectivity index (χ3n) is 2.87. The predicted molar refractivity (Wildman–Crippen MR) is 61.8 cm³/mol. The van der Waals surface area contributed by atoms with Crippen molar-refractivity contribution in [2.75, 3.05) is 6.61 Å². The van der Waals surface area contributed by atoms with Gasteiger partial charge in [0.25, 0.3) is 0 Å². The summed E-state index contributed by atoms with van der Waals surface area (Å²) in [6.07, 6.45) is 1.88. The van der Waals surface area contributed by atoms with Crippen molar-refractivity contribution in [1.29, 1.82) is 0 Å². The SMILES string of the molecule is CCC[C@@H](NC(=O)NC1CCOC1C)C(=O)O. The first kappa shape index (κ1) is 13.8. The van der Waals surface area contributed by atoms with E-state index in [2.05, 4.69) is 10.6 Å². The summed E-state index contributed by atoms with van der Waals surface area (Å²) in [7, 11) is 0. The lowest BCUT2D eigenvalue weighted by molar-refractivity contribution is -0.139. The molecule has 0 radical (unpaired) electrons. The summed E-state index contributed by atoms with van der Waals surface area (Å²) >= 11 is 0. The average Bonchev–Trinajstić information content (AvgIpc) is 2.63. The fraction of sp³-hybridized carbons (Fsp3) is 0.818. The maximum atomic E-state index is 11.6. The van der Waals surface area contributed by atoms with Crippen LogP contribution in [0.25, 0.3) is 0 Å². The highest BCUT2D eigenvalue weighted by molar-refractivity contribution is 5.82. The second kappa shape index (κ2) is 6.44. The van der Waals surface area contributed by atoms with Crippen LogP contribution in [-0.2, 0) is 9.53 Å². The largest absolute Gasteiger partial charge is 0.480 e. The zero-order chi connectivity index (χ0) is 12.8. The Morgan fingerprint density at radius 2 is 2.24 bits per heavy atom. The Morgan fingerprint density at radius 3 is 2.71 bits per heavy atom. The molecule has 1 saturated heterocycles. The molecule has 1 fully saturated rings. The number of aliphatic carboxylic acids is 1. The van der Waals surface area contributed by atoms with Gasteiger partial charge in [0.15, 0.2) is 0 Å². The summed E-state index contributed by atoms with van der Waals surface area (Å²) in [5, 5.41) is 14.1. The van der Waals surface area contributed by atoms with Gasteiger partial charge in [-0.05, 0) is 19.8 Å². The fourth-order valence-corrected chi connectivity index (χ4v) is 1.84. The van der Waals surface area contributed by atoms with Gasteiger partial charge in [-0.15, -0.1) is 0 Å². The second-order valence-corrected chi connectivity index (χ2v) is 4.27. The van der Waals surface area contributed by atoms with E-state index in [0.29, 0.717) is 19.4 Å². The Bertz CT molecular complexity index is 283. The van der Waals surface area contributed by atoms with Gasteiger partial charge in [0.05, 0.1) is 12.1 Å². The van der Waals surface area contributed by atoms with Gasteiger partial charge in [-0.25, -0.2) is 9.59 Å². The number of hydrogen-bond donors (Lipinski definition) is 3. The number of amides is 2. The third-order valence-corrected chi connectivity index (χ3v) is 2.87. The van der Waals surface area contributed by atoms with Gasteiger partial charge in [-0.1, -0.05) is 13.3 Å². The molecule has 3 atom stereocenters. The summed E-state index contributed by atoms with van der Waals surface area (Å²) in [6, 6.07) is -1.29. The van der Waals surface area contributed by atoms with Crippen LogP contribution in [0.15, 0.2) is 0 Å². The minimum Gasteiger partial charge on any atom is -0.480 e. The molecule has 0 aromatic heterocycles. The first-order valence-electron chi connectivity index (χ1n) is 5.96. The molecule has 0 aliphatic carbocycles. The molecule has 2 unspecified atom stereocenters. The summed E-state index contributed by atoms with van der Waals surface area (Å²) in [4.78, 5) is 22.5. The summed E-state index contributed by atoms with van der Waals surface area (Å²) < 4.78 is 5.31. The van der Waals surface area contributed by atoms with Gasteiger partial charge in [-0.2, -0.15) is 0 Å². The lowest BCUT2D eigenvalue weighted by Gasteiger charge is -2.19. The Morgan fingerprint density at radius 1 is 1.53 bits per heavy atom. The topological polar surface area (TPSA) is 87.7 Å². The first-order chi connectivity index (χ1) is 8.04. The van der Waals surface area contributed by atoms with Gasteiger partial charge < -0.3 is 20.5 Å². The highest BCUT2D eigenvalue weighted by atomic mass is 16.5. The van der Waals surface area contributed by atoms with Crippen LogP contribution in [-0.4, -0.2) is 41.9 Å². The number of ether oxygens (including phenoxy) is 1. The van der Waals surface area contributed by atoms with Crippen molar-refractivity contribution in [2.24, 2.45) is 0 Å². The number of carbonyl (C=O) groups is 2. The molecule has 1 aliphatic rings. The van der Waals surface area contributed by atoms with Crippen LogP contribution in [0.3, 0.4) is 0 Å². The second-order valence-electron chi connectivity index (χ2n) is 4.27. The van der Waals surface area contributed by atoms with E-state index < -0.39 is 18.0 Å². The van der Waals surface area contributed by atoms with E-state index in [0.717, 1.165) is 6.42 Å². The minimum atomic E-state index is -1.00. The van der Waals surface area contributed by atoms with Crippen LogP contribution >= 0.6 is 0 Å². The fourth-order valence-electron chi connectivity index (χ4n) is 1.84. The molecule has 1 heterocycles. The molecule has 0 aromatic carbocycles. The lowest BCUT2D eigenvalue weighted by Crippen LogP contribution is -2.50. The molecule has 0 aromatic rings. The van der Waals surface area contributed by atoms with Crippen molar-refractivity contribution in [1.82, 2.24) is 10.6 Å². The number of carboxylic acids is 1. The van der Waals surface area contributed by atoms with E-state index in [-0.39, 0.29) is 12.1 Å². The molecule has 1 aliphatic heterocycles. The van der Waals surface area contributed by atoms with Crippen molar-refractivity contribution in [3.8, 4) is 0 Å². The predicted octanol–water partition coefficient (Wildman–Crippen LogP) is 0.716. The van der Waals surface area contributed by atoms with Crippen LogP contribution in [0.4, 0.5) is 4.79 Å². The average molecular weight is 244 g/mol. The number of nitrogens with one attached hydrogen (secondary N) is 2. The van der Waals surface area contributed by atoms with Gasteiger partial charge in [0.2, 0.25) is 0 Å². The standard InChI is InChI=1S/C11H20N2O4/c1-3-4-9(10(14)15)13-11(16)12-8-5-6-17-7(8)2/h7-9H,3-6H2,1-2H3,(H,14,15)(H2,12,13,16)/t7?,8?,9-/m1/s1. The van der Waals surface area contributed by atoms with Crippen molar-refractivity contribution in [3.63, 3.8) is 0 Å². The summed E-state index contributed by atoms with van der Waals surface area (Å²) in [5.74, 6) is -1.00. The quantitative estimate of drug-likeness (QED) is 0.665. The molecule has 98 valence electrons. The molecule has 6 heteroatoms. The van der Waals surface area contributed by atoms with Gasteiger partial charge in [-0.3, -0.25) is 0 Å². The molecule has 2 amide bonds. The van der Waals surface area contributed by atoms with Gasteiger partial charge in [0, 0.05) is 6.61 Å². The molecular weight excluding hydrogens is 224 g/mol. The van der Waals surface area contributed by atoms with Crippen molar-refractivity contribution < 1.29 is 19.4 Å². The lowest BCUT2D eigenvalue weighted by atomic mass is 10.1. The van der Waals surface area contributed by atoms with Crippen molar-refractivity contribution >= 4 is 12.0 Å². The molecule has 0 spiro atoms. The van der Waals surface area contributed by atoms with Crippen molar-refractivity contribution in [3.05, 3.63) is 0 Å². The van der Waals surface area contributed by atoms with E-state index in [1.807, 2.05) is 13.8 Å². The third kappa shape index (κ3) is 4.22. The van der Waals surface area contributed by atoms with Crippen LogP contribution in [0.1, 0.15) is 33.1 Å². The van der Waals surface area contributed by atoms with Crippen molar-refractivity contribution in [2.45, 2.75) is 51.3 Å². The van der Waals surface area contributed by atoms with E-state index >= 15 is 0 Å². The first-order valence-corrected chi connectivity index (χ1v) is 5.96. The normalized spacial score (nSPS) is 25.3. The zero-order valence-electron chi connectivity index (χ0n) is 10.2. The highest BCUT2D eigenvalue weighted by Gasteiger charge is 2.27.